The summed E-state index contributed by atoms with van der Waals surface area (Å²) in [6.07, 6.45) is 5.36. The van der Waals surface area contributed by atoms with Gasteiger partial charge in [-0.3, -0.25) is 0 Å². The van der Waals surface area contributed by atoms with Crippen LogP contribution in [0.15, 0.2) is 4.52 Å². The van der Waals surface area contributed by atoms with Crippen molar-refractivity contribution in [3.63, 3.8) is 0 Å². The normalized spacial score (nSPS) is 25.4. The molecule has 2 atom stereocenters. The molecule has 0 saturated carbocycles. The molecule has 2 unspecified atom stereocenters. The first kappa shape index (κ1) is 14.5. The zero-order chi connectivity index (χ0) is 13.7. The summed E-state index contributed by atoms with van der Waals surface area (Å²) in [5, 5.41) is 7.58. The van der Waals surface area contributed by atoms with Crippen molar-refractivity contribution < 1.29 is 9.26 Å². The topological polar surface area (TPSA) is 60.2 Å². The molecule has 1 saturated heterocycles. The molecule has 1 aromatic heterocycles. The second kappa shape index (κ2) is 6.48. The third-order valence-corrected chi connectivity index (χ3v) is 3.99. The lowest BCUT2D eigenvalue weighted by atomic mass is 9.77. The zero-order valence-electron chi connectivity index (χ0n) is 12.2. The number of hydrogen-bond donors (Lipinski definition) is 1. The summed E-state index contributed by atoms with van der Waals surface area (Å²) < 4.78 is 10.8. The van der Waals surface area contributed by atoms with E-state index in [2.05, 4.69) is 22.4 Å². The lowest BCUT2D eigenvalue weighted by Gasteiger charge is -2.34. The molecule has 0 radical (unpaired) electrons. The zero-order valence-corrected chi connectivity index (χ0v) is 12.2. The molecular weight excluding hydrogens is 242 g/mol. The van der Waals surface area contributed by atoms with Gasteiger partial charge in [0.1, 0.15) is 0 Å². The highest BCUT2D eigenvalue weighted by molar-refractivity contribution is 5.08. The molecule has 1 fully saturated rings. The van der Waals surface area contributed by atoms with E-state index in [4.69, 9.17) is 9.26 Å². The Morgan fingerprint density at radius 2 is 2.37 bits per heavy atom. The van der Waals surface area contributed by atoms with Crippen molar-refractivity contribution in [3.05, 3.63) is 11.7 Å². The smallest absolute Gasteiger partial charge is 0.234 e. The van der Waals surface area contributed by atoms with Crippen LogP contribution in [-0.2, 0) is 16.6 Å². The maximum Gasteiger partial charge on any atom is 0.234 e. The number of rotatable bonds is 6. The monoisotopic (exact) mass is 267 g/mol. The Balaban J connectivity index is 2.13. The van der Waals surface area contributed by atoms with E-state index in [0.29, 0.717) is 6.42 Å². The molecule has 1 aliphatic rings. The highest BCUT2D eigenvalue weighted by Crippen LogP contribution is 2.34. The number of methoxy groups -OCH3 is 1. The quantitative estimate of drug-likeness (QED) is 0.855. The molecule has 0 aliphatic carbocycles. The van der Waals surface area contributed by atoms with Gasteiger partial charge in [0.25, 0.3) is 0 Å². The van der Waals surface area contributed by atoms with Gasteiger partial charge in [0.15, 0.2) is 5.82 Å². The Labute approximate surface area is 115 Å². The Morgan fingerprint density at radius 1 is 1.53 bits per heavy atom. The standard InChI is InChI=1S/C14H25N3O2/c1-4-6-14(7-5-8-15-10-14)13-16-12(17-19-13)9-11(2)18-3/h11,15H,4-10H2,1-3H3. The van der Waals surface area contributed by atoms with Gasteiger partial charge >= 0.3 is 0 Å². The van der Waals surface area contributed by atoms with Crippen LogP contribution in [0.3, 0.4) is 0 Å². The average Bonchev–Trinajstić information content (AvgIpc) is 2.89. The Bertz CT molecular complexity index is 380. The summed E-state index contributed by atoms with van der Waals surface area (Å²) >= 11 is 0. The molecule has 5 nitrogen and oxygen atoms in total. The Morgan fingerprint density at radius 3 is 3.00 bits per heavy atom. The van der Waals surface area contributed by atoms with Gasteiger partial charge in [0, 0.05) is 20.1 Å². The fourth-order valence-electron chi connectivity index (χ4n) is 2.84. The highest BCUT2D eigenvalue weighted by atomic mass is 16.5. The molecule has 2 heterocycles. The molecule has 0 amide bonds. The van der Waals surface area contributed by atoms with Crippen molar-refractivity contribution in [1.82, 2.24) is 15.5 Å². The van der Waals surface area contributed by atoms with Crippen LogP contribution in [0, 0.1) is 0 Å². The third-order valence-electron chi connectivity index (χ3n) is 3.99. The van der Waals surface area contributed by atoms with Crippen LogP contribution >= 0.6 is 0 Å². The molecule has 0 bridgehead atoms. The molecule has 1 aliphatic heterocycles. The minimum absolute atomic E-state index is 0.0363. The summed E-state index contributed by atoms with van der Waals surface area (Å²) in [7, 11) is 1.70. The molecule has 0 aromatic carbocycles. The van der Waals surface area contributed by atoms with Gasteiger partial charge in [-0.2, -0.15) is 4.98 Å². The van der Waals surface area contributed by atoms with Crippen LogP contribution in [0.4, 0.5) is 0 Å². The van der Waals surface area contributed by atoms with Crippen LogP contribution in [0.1, 0.15) is 51.2 Å². The lowest BCUT2D eigenvalue weighted by Crippen LogP contribution is -2.43. The van der Waals surface area contributed by atoms with Gasteiger partial charge in [0.2, 0.25) is 5.89 Å². The summed E-state index contributed by atoms with van der Waals surface area (Å²) in [5.74, 6) is 1.56. The average molecular weight is 267 g/mol. The number of nitrogens with zero attached hydrogens (tertiary/aromatic N) is 2. The van der Waals surface area contributed by atoms with E-state index in [0.717, 1.165) is 44.1 Å². The predicted octanol–water partition coefficient (Wildman–Crippen LogP) is 2.07. The number of ether oxygens (including phenoxy) is 1. The minimum atomic E-state index is 0.0363. The van der Waals surface area contributed by atoms with E-state index in [1.54, 1.807) is 7.11 Å². The van der Waals surface area contributed by atoms with Crippen LogP contribution < -0.4 is 5.32 Å². The summed E-state index contributed by atoms with van der Waals surface area (Å²) in [6.45, 7) is 6.26. The third kappa shape index (κ3) is 3.34. The molecule has 0 spiro atoms. The van der Waals surface area contributed by atoms with E-state index in [1.165, 1.54) is 6.42 Å². The highest BCUT2D eigenvalue weighted by Gasteiger charge is 2.38. The van der Waals surface area contributed by atoms with Crippen molar-refractivity contribution in [2.24, 2.45) is 0 Å². The maximum atomic E-state index is 5.55. The van der Waals surface area contributed by atoms with E-state index >= 15 is 0 Å². The first-order valence-electron chi connectivity index (χ1n) is 7.27. The van der Waals surface area contributed by atoms with Crippen LogP contribution in [0.25, 0.3) is 0 Å². The maximum absolute atomic E-state index is 5.55. The molecule has 5 heteroatoms. The lowest BCUT2D eigenvalue weighted by molar-refractivity contribution is 0.116. The van der Waals surface area contributed by atoms with Gasteiger partial charge in [0.05, 0.1) is 11.5 Å². The van der Waals surface area contributed by atoms with Gasteiger partial charge < -0.3 is 14.6 Å². The second-order valence-electron chi connectivity index (χ2n) is 5.58. The van der Waals surface area contributed by atoms with Crippen LogP contribution in [-0.4, -0.2) is 36.4 Å². The molecule has 19 heavy (non-hydrogen) atoms. The van der Waals surface area contributed by atoms with Crippen LogP contribution in [0.5, 0.6) is 0 Å². The summed E-state index contributed by atoms with van der Waals surface area (Å²) in [4.78, 5) is 4.61. The summed E-state index contributed by atoms with van der Waals surface area (Å²) in [5.41, 5.74) is 0.0363. The summed E-state index contributed by atoms with van der Waals surface area (Å²) in [6, 6.07) is 0. The second-order valence-corrected chi connectivity index (χ2v) is 5.58. The largest absolute Gasteiger partial charge is 0.381 e. The number of nitrogens with one attached hydrogen (secondary N) is 1. The van der Waals surface area contributed by atoms with Gasteiger partial charge in [-0.1, -0.05) is 18.5 Å². The van der Waals surface area contributed by atoms with Crippen molar-refractivity contribution in [2.75, 3.05) is 20.2 Å². The number of hydrogen-bond acceptors (Lipinski definition) is 5. The minimum Gasteiger partial charge on any atom is -0.381 e. The van der Waals surface area contributed by atoms with E-state index in [1.807, 2.05) is 6.92 Å². The van der Waals surface area contributed by atoms with Crippen LogP contribution in [0.2, 0.25) is 0 Å². The molecule has 2 rings (SSSR count). The Hall–Kier alpha value is -0.940. The van der Waals surface area contributed by atoms with Crippen molar-refractivity contribution in [3.8, 4) is 0 Å². The van der Waals surface area contributed by atoms with E-state index in [9.17, 15) is 0 Å². The molecule has 108 valence electrons. The van der Waals surface area contributed by atoms with E-state index < -0.39 is 0 Å². The fraction of sp³-hybridized carbons (Fsp3) is 0.857. The van der Waals surface area contributed by atoms with Gasteiger partial charge in [-0.05, 0) is 32.7 Å². The van der Waals surface area contributed by atoms with Crippen molar-refractivity contribution >= 4 is 0 Å². The van der Waals surface area contributed by atoms with E-state index in [-0.39, 0.29) is 11.5 Å². The molecular formula is C14H25N3O2. The first-order chi connectivity index (χ1) is 9.20. The Kier molecular flexibility index (Phi) is 4.93. The molecule has 1 N–H and O–H groups in total. The fourth-order valence-corrected chi connectivity index (χ4v) is 2.84. The number of piperidine rings is 1. The van der Waals surface area contributed by atoms with Gasteiger partial charge in [-0.25, -0.2) is 0 Å². The first-order valence-corrected chi connectivity index (χ1v) is 7.27. The van der Waals surface area contributed by atoms with Crippen molar-refractivity contribution in [1.29, 1.82) is 0 Å². The molecule has 1 aromatic rings. The number of aromatic nitrogens is 2. The van der Waals surface area contributed by atoms with Crippen molar-refractivity contribution in [2.45, 2.75) is 57.5 Å². The SMILES string of the molecule is CCCC1(c2nc(CC(C)OC)no2)CCCNC1. The predicted molar refractivity (Wildman–Crippen MR) is 73.2 cm³/mol. The van der Waals surface area contributed by atoms with Gasteiger partial charge in [-0.15, -0.1) is 0 Å².